The highest BCUT2D eigenvalue weighted by atomic mass is 32.2. The third-order valence-corrected chi connectivity index (χ3v) is 5.54. The zero-order valence-electron chi connectivity index (χ0n) is 16.3. The van der Waals surface area contributed by atoms with Crippen LogP contribution >= 0.6 is 11.8 Å². The van der Waals surface area contributed by atoms with E-state index in [0.717, 1.165) is 10.6 Å². The first-order valence-electron chi connectivity index (χ1n) is 9.53. The molecule has 5 heteroatoms. The largest absolute Gasteiger partial charge is 0.347 e. The fraction of sp³-hybridized carbons (Fsp3) is 0.208. The third kappa shape index (κ3) is 6.48. The maximum atomic E-state index is 12.6. The van der Waals surface area contributed by atoms with Gasteiger partial charge in [0.1, 0.15) is 0 Å². The average molecular weight is 402 g/mol. The van der Waals surface area contributed by atoms with Crippen molar-refractivity contribution in [2.45, 2.75) is 30.7 Å². The number of nitrogens with zero attached hydrogens (tertiary/aromatic N) is 2. The Morgan fingerprint density at radius 1 is 1.10 bits per heavy atom. The Morgan fingerprint density at radius 3 is 2.52 bits per heavy atom. The summed E-state index contributed by atoms with van der Waals surface area (Å²) in [5.41, 5.74) is 3.88. The summed E-state index contributed by atoms with van der Waals surface area (Å²) in [4.78, 5) is 18.1. The summed E-state index contributed by atoms with van der Waals surface area (Å²) in [6.07, 6.45) is 2.87. The second kappa shape index (κ2) is 10.4. The fourth-order valence-corrected chi connectivity index (χ4v) is 3.78. The smallest absolute Gasteiger partial charge is 0.221 e. The van der Waals surface area contributed by atoms with Gasteiger partial charge in [0.05, 0.1) is 23.4 Å². The summed E-state index contributed by atoms with van der Waals surface area (Å²) in [5.74, 6) is 0.686. The molecule has 0 spiro atoms. The predicted octanol–water partition coefficient (Wildman–Crippen LogP) is 4.84. The number of rotatable bonds is 8. The van der Waals surface area contributed by atoms with Gasteiger partial charge in [-0.1, -0.05) is 35.9 Å². The van der Waals surface area contributed by atoms with Crippen molar-refractivity contribution in [3.63, 3.8) is 0 Å². The molecule has 1 unspecified atom stereocenters. The number of aryl methyl sites for hydroxylation is 1. The summed E-state index contributed by atoms with van der Waals surface area (Å²) in [5, 5.41) is 12.0. The first-order valence-corrected chi connectivity index (χ1v) is 10.5. The predicted molar refractivity (Wildman–Crippen MR) is 117 cm³/mol. The topological polar surface area (TPSA) is 65.8 Å². The second-order valence-electron chi connectivity index (χ2n) is 6.80. The number of hydrogen-bond donors (Lipinski definition) is 1. The van der Waals surface area contributed by atoms with Crippen LogP contribution in [0, 0.1) is 18.3 Å². The van der Waals surface area contributed by atoms with E-state index in [2.05, 4.69) is 47.6 Å². The summed E-state index contributed by atoms with van der Waals surface area (Å²) in [6.45, 7) is 2.06. The lowest BCUT2D eigenvalue weighted by atomic mass is 10.0. The molecule has 0 radical (unpaired) electrons. The molecular formula is C24H23N3OS. The van der Waals surface area contributed by atoms with E-state index in [1.165, 1.54) is 11.1 Å². The molecule has 1 N–H and O–H groups in total. The highest BCUT2D eigenvalue weighted by Gasteiger charge is 2.16. The fourth-order valence-electron chi connectivity index (χ4n) is 2.93. The highest BCUT2D eigenvalue weighted by Crippen LogP contribution is 2.20. The van der Waals surface area contributed by atoms with Crippen molar-refractivity contribution in [3.8, 4) is 6.07 Å². The number of benzene rings is 2. The Balaban J connectivity index is 1.58. The molecule has 0 aliphatic rings. The Bertz CT molecular complexity index is 964. The average Bonchev–Trinajstić information content (AvgIpc) is 2.76. The van der Waals surface area contributed by atoms with Gasteiger partial charge in [-0.15, -0.1) is 11.8 Å². The molecular weight excluding hydrogens is 378 g/mol. The summed E-state index contributed by atoms with van der Waals surface area (Å²) in [7, 11) is 0. The van der Waals surface area contributed by atoms with Crippen LogP contribution < -0.4 is 5.32 Å². The zero-order valence-corrected chi connectivity index (χ0v) is 17.2. The molecule has 146 valence electrons. The zero-order chi connectivity index (χ0) is 20.5. The van der Waals surface area contributed by atoms with Crippen LogP contribution in [0.15, 0.2) is 77.8 Å². The number of carbonyl (C=O) groups excluding carboxylic acids is 1. The molecule has 29 heavy (non-hydrogen) atoms. The van der Waals surface area contributed by atoms with E-state index in [0.29, 0.717) is 24.2 Å². The Labute approximate surface area is 176 Å². The minimum Gasteiger partial charge on any atom is -0.347 e. The van der Waals surface area contributed by atoms with E-state index < -0.39 is 0 Å². The van der Waals surface area contributed by atoms with Gasteiger partial charge >= 0.3 is 0 Å². The molecule has 3 aromatic rings. The SMILES string of the molecule is Cc1ccc(CC(NC(=O)CCSc2ccc(C#N)cc2)c2ccccn2)cc1. The summed E-state index contributed by atoms with van der Waals surface area (Å²) >= 11 is 1.61. The minimum absolute atomic E-state index is 0.00825. The third-order valence-electron chi connectivity index (χ3n) is 4.52. The van der Waals surface area contributed by atoms with Gasteiger partial charge in [-0.2, -0.15) is 5.26 Å². The van der Waals surface area contributed by atoms with Crippen molar-refractivity contribution in [1.82, 2.24) is 10.3 Å². The number of hydrogen-bond acceptors (Lipinski definition) is 4. The molecule has 0 saturated heterocycles. The van der Waals surface area contributed by atoms with Crippen molar-refractivity contribution in [2.24, 2.45) is 0 Å². The summed E-state index contributed by atoms with van der Waals surface area (Å²) < 4.78 is 0. The van der Waals surface area contributed by atoms with Crippen molar-refractivity contribution >= 4 is 17.7 Å². The number of pyridine rings is 1. The number of carbonyl (C=O) groups is 1. The van der Waals surface area contributed by atoms with Crippen molar-refractivity contribution < 1.29 is 4.79 Å². The monoisotopic (exact) mass is 401 g/mol. The lowest BCUT2D eigenvalue weighted by Gasteiger charge is -2.19. The quantitative estimate of drug-likeness (QED) is 0.548. The molecule has 0 bridgehead atoms. The molecule has 0 aliphatic carbocycles. The molecule has 1 heterocycles. The Morgan fingerprint density at radius 2 is 1.86 bits per heavy atom. The number of nitriles is 1. The standard InChI is InChI=1S/C24H23N3OS/c1-18-5-7-19(8-6-18)16-23(22-4-2-3-14-26-22)27-24(28)13-15-29-21-11-9-20(17-25)10-12-21/h2-12,14,23H,13,15-16H2,1H3,(H,27,28). The normalized spacial score (nSPS) is 11.4. The van der Waals surface area contributed by atoms with Crippen LogP contribution in [0.25, 0.3) is 0 Å². The van der Waals surface area contributed by atoms with Gasteiger partial charge in [0, 0.05) is 23.3 Å². The van der Waals surface area contributed by atoms with Crippen molar-refractivity contribution in [2.75, 3.05) is 5.75 Å². The molecule has 1 amide bonds. The molecule has 2 aromatic carbocycles. The molecule has 1 aromatic heterocycles. The number of amides is 1. The Hall–Kier alpha value is -3.10. The summed E-state index contributed by atoms with van der Waals surface area (Å²) in [6, 6.07) is 23.5. The van der Waals surface area contributed by atoms with E-state index in [1.807, 2.05) is 30.3 Å². The minimum atomic E-state index is -0.161. The maximum Gasteiger partial charge on any atom is 0.221 e. The van der Waals surface area contributed by atoms with E-state index >= 15 is 0 Å². The molecule has 4 nitrogen and oxygen atoms in total. The van der Waals surface area contributed by atoms with Crippen LogP contribution in [-0.2, 0) is 11.2 Å². The van der Waals surface area contributed by atoms with Crippen LogP contribution in [0.1, 0.15) is 34.8 Å². The van der Waals surface area contributed by atoms with Crippen LogP contribution in [0.3, 0.4) is 0 Å². The number of thioether (sulfide) groups is 1. The molecule has 3 rings (SSSR count). The van der Waals surface area contributed by atoms with Gasteiger partial charge in [0.15, 0.2) is 0 Å². The molecule has 0 aliphatic heterocycles. The van der Waals surface area contributed by atoms with E-state index in [1.54, 1.807) is 30.1 Å². The molecule has 1 atom stereocenters. The van der Waals surface area contributed by atoms with Gasteiger partial charge < -0.3 is 5.32 Å². The van der Waals surface area contributed by atoms with Crippen molar-refractivity contribution in [1.29, 1.82) is 5.26 Å². The van der Waals surface area contributed by atoms with Gasteiger partial charge in [0.25, 0.3) is 0 Å². The van der Waals surface area contributed by atoms with Gasteiger partial charge in [-0.05, 0) is 55.3 Å². The van der Waals surface area contributed by atoms with Crippen LogP contribution in [-0.4, -0.2) is 16.6 Å². The van der Waals surface area contributed by atoms with E-state index in [4.69, 9.17) is 5.26 Å². The molecule has 0 saturated carbocycles. The van der Waals surface area contributed by atoms with Gasteiger partial charge in [0.2, 0.25) is 5.91 Å². The highest BCUT2D eigenvalue weighted by molar-refractivity contribution is 7.99. The molecule has 0 fully saturated rings. The lowest BCUT2D eigenvalue weighted by Crippen LogP contribution is -2.30. The van der Waals surface area contributed by atoms with E-state index in [-0.39, 0.29) is 11.9 Å². The first kappa shape index (κ1) is 20.6. The van der Waals surface area contributed by atoms with Crippen LogP contribution in [0.2, 0.25) is 0 Å². The Kier molecular flexibility index (Phi) is 7.43. The van der Waals surface area contributed by atoms with E-state index in [9.17, 15) is 4.79 Å². The van der Waals surface area contributed by atoms with Gasteiger partial charge in [-0.3, -0.25) is 9.78 Å². The second-order valence-corrected chi connectivity index (χ2v) is 7.97. The lowest BCUT2D eigenvalue weighted by molar-refractivity contribution is -0.121. The van der Waals surface area contributed by atoms with Crippen molar-refractivity contribution in [3.05, 3.63) is 95.3 Å². The first-order chi connectivity index (χ1) is 14.1. The maximum absolute atomic E-state index is 12.6. The number of nitrogens with one attached hydrogen (secondary N) is 1. The van der Waals surface area contributed by atoms with Gasteiger partial charge in [-0.25, -0.2) is 0 Å². The van der Waals surface area contributed by atoms with Crippen LogP contribution in [0.4, 0.5) is 0 Å². The number of aromatic nitrogens is 1. The van der Waals surface area contributed by atoms with Crippen LogP contribution in [0.5, 0.6) is 0 Å².